The van der Waals surface area contributed by atoms with Crippen molar-refractivity contribution in [2.75, 3.05) is 0 Å². The smallest absolute Gasteiger partial charge is 0.0179 e. The zero-order valence-corrected chi connectivity index (χ0v) is 9.54. The molecular formula is C15H16. The van der Waals surface area contributed by atoms with Crippen LogP contribution in [-0.4, -0.2) is 0 Å². The summed E-state index contributed by atoms with van der Waals surface area (Å²) in [6.45, 7) is 6.42. The van der Waals surface area contributed by atoms with Crippen molar-refractivity contribution in [1.82, 2.24) is 0 Å². The van der Waals surface area contributed by atoms with E-state index in [9.17, 15) is 0 Å². The van der Waals surface area contributed by atoms with Crippen molar-refractivity contribution in [2.45, 2.75) is 20.8 Å². The van der Waals surface area contributed by atoms with Crippen molar-refractivity contribution in [3.8, 4) is 11.1 Å². The lowest BCUT2D eigenvalue weighted by Crippen LogP contribution is -1.83. The highest BCUT2D eigenvalue weighted by Crippen LogP contribution is 2.22. The van der Waals surface area contributed by atoms with Crippen LogP contribution >= 0.6 is 0 Å². The molecule has 0 aromatic heterocycles. The van der Waals surface area contributed by atoms with Crippen LogP contribution in [0.3, 0.4) is 0 Å². The predicted octanol–water partition coefficient (Wildman–Crippen LogP) is 4.28. The summed E-state index contributed by atoms with van der Waals surface area (Å²) in [7, 11) is 0. The van der Waals surface area contributed by atoms with Gasteiger partial charge in [0.15, 0.2) is 0 Å². The molecule has 0 nitrogen and oxygen atoms in total. The van der Waals surface area contributed by atoms with Crippen molar-refractivity contribution >= 4 is 0 Å². The second-order valence-corrected chi connectivity index (χ2v) is 4.25. The lowest BCUT2D eigenvalue weighted by Gasteiger charge is -2.06. The third kappa shape index (κ3) is 2.27. The maximum absolute atomic E-state index is 2.24. The molecule has 0 radical (unpaired) electrons. The van der Waals surface area contributed by atoms with Crippen LogP contribution in [0.5, 0.6) is 0 Å². The van der Waals surface area contributed by atoms with Gasteiger partial charge in [-0.25, -0.2) is 0 Å². The Hall–Kier alpha value is -1.56. The van der Waals surface area contributed by atoms with E-state index in [0.29, 0.717) is 0 Å². The number of benzene rings is 2. The van der Waals surface area contributed by atoms with E-state index in [1.54, 1.807) is 0 Å². The zero-order valence-electron chi connectivity index (χ0n) is 9.54. The largest absolute Gasteiger partial charge is 0.0614 e. The lowest BCUT2D eigenvalue weighted by molar-refractivity contribution is 1.38. The molecule has 0 heteroatoms. The van der Waals surface area contributed by atoms with Gasteiger partial charge < -0.3 is 0 Å². The minimum atomic E-state index is 1.31. The molecule has 0 spiro atoms. The molecule has 0 aliphatic rings. The standard InChI is InChI=1S/C15H16/c1-11-5-4-6-14(8-11)15-9-12(2)7-13(3)10-15/h4-10H,1-3H3. The fourth-order valence-corrected chi connectivity index (χ4v) is 1.97. The number of hydrogen-bond donors (Lipinski definition) is 0. The number of rotatable bonds is 1. The molecule has 0 bridgehead atoms. The second kappa shape index (κ2) is 3.90. The van der Waals surface area contributed by atoms with Gasteiger partial charge in [-0.05, 0) is 31.9 Å². The average molecular weight is 196 g/mol. The van der Waals surface area contributed by atoms with Crippen molar-refractivity contribution in [3.63, 3.8) is 0 Å². The summed E-state index contributed by atoms with van der Waals surface area (Å²) in [6.07, 6.45) is 0. The van der Waals surface area contributed by atoms with Gasteiger partial charge >= 0.3 is 0 Å². The molecule has 15 heavy (non-hydrogen) atoms. The third-order valence-electron chi connectivity index (χ3n) is 2.57. The highest BCUT2D eigenvalue weighted by atomic mass is 14.0. The maximum Gasteiger partial charge on any atom is -0.0179 e. The van der Waals surface area contributed by atoms with Gasteiger partial charge in [0.1, 0.15) is 0 Å². The summed E-state index contributed by atoms with van der Waals surface area (Å²) < 4.78 is 0. The first kappa shape index (κ1) is 9.97. The van der Waals surface area contributed by atoms with E-state index >= 15 is 0 Å². The Bertz CT molecular complexity index is 461. The van der Waals surface area contributed by atoms with Crippen molar-refractivity contribution in [1.29, 1.82) is 0 Å². The monoisotopic (exact) mass is 196 g/mol. The van der Waals surface area contributed by atoms with E-state index in [2.05, 4.69) is 63.2 Å². The Balaban J connectivity index is 2.54. The molecule has 0 fully saturated rings. The Labute approximate surface area is 91.6 Å². The quantitative estimate of drug-likeness (QED) is 0.638. The molecule has 0 amide bonds. The van der Waals surface area contributed by atoms with Gasteiger partial charge in [-0.15, -0.1) is 0 Å². The molecule has 0 aliphatic carbocycles. The van der Waals surface area contributed by atoms with Crippen LogP contribution in [0.2, 0.25) is 0 Å². The second-order valence-electron chi connectivity index (χ2n) is 4.25. The normalized spacial score (nSPS) is 10.3. The molecule has 0 atom stereocenters. The molecule has 0 N–H and O–H groups in total. The van der Waals surface area contributed by atoms with Crippen molar-refractivity contribution in [3.05, 3.63) is 59.2 Å². The highest BCUT2D eigenvalue weighted by Gasteiger charge is 1.99. The van der Waals surface area contributed by atoms with E-state index in [4.69, 9.17) is 0 Å². The Morgan fingerprint density at radius 2 is 1.20 bits per heavy atom. The molecule has 0 saturated carbocycles. The summed E-state index contributed by atoms with van der Waals surface area (Å²) in [5.41, 5.74) is 6.59. The van der Waals surface area contributed by atoms with Gasteiger partial charge in [0.05, 0.1) is 0 Å². The van der Waals surface area contributed by atoms with Crippen LogP contribution in [0.4, 0.5) is 0 Å². The van der Waals surface area contributed by atoms with Crippen LogP contribution in [0, 0.1) is 20.8 Å². The molecule has 0 aliphatic heterocycles. The summed E-state index contributed by atoms with van der Waals surface area (Å²) >= 11 is 0. The third-order valence-corrected chi connectivity index (χ3v) is 2.57. The van der Waals surface area contributed by atoms with Gasteiger partial charge in [0.2, 0.25) is 0 Å². The first-order chi connectivity index (χ1) is 7.15. The van der Waals surface area contributed by atoms with Crippen LogP contribution in [0.25, 0.3) is 11.1 Å². The summed E-state index contributed by atoms with van der Waals surface area (Å²) in [5.74, 6) is 0. The summed E-state index contributed by atoms with van der Waals surface area (Å²) in [5, 5.41) is 0. The predicted molar refractivity (Wildman–Crippen MR) is 66.1 cm³/mol. The molecule has 76 valence electrons. The van der Waals surface area contributed by atoms with Gasteiger partial charge in [-0.1, -0.05) is 59.2 Å². The summed E-state index contributed by atoms with van der Waals surface area (Å²) in [4.78, 5) is 0. The molecular weight excluding hydrogens is 180 g/mol. The molecule has 2 aromatic rings. The van der Waals surface area contributed by atoms with Crippen LogP contribution in [0.1, 0.15) is 16.7 Å². The molecule has 0 unspecified atom stereocenters. The van der Waals surface area contributed by atoms with Gasteiger partial charge in [-0.2, -0.15) is 0 Å². The van der Waals surface area contributed by atoms with E-state index < -0.39 is 0 Å². The first-order valence-electron chi connectivity index (χ1n) is 5.30. The van der Waals surface area contributed by atoms with E-state index in [1.807, 2.05) is 0 Å². The molecule has 2 rings (SSSR count). The Morgan fingerprint density at radius 1 is 0.600 bits per heavy atom. The van der Waals surface area contributed by atoms with E-state index in [1.165, 1.54) is 27.8 Å². The van der Waals surface area contributed by atoms with Gasteiger partial charge in [0.25, 0.3) is 0 Å². The summed E-state index contributed by atoms with van der Waals surface area (Å²) in [6, 6.07) is 15.3. The van der Waals surface area contributed by atoms with Gasteiger partial charge in [-0.3, -0.25) is 0 Å². The van der Waals surface area contributed by atoms with Gasteiger partial charge in [0, 0.05) is 0 Å². The zero-order chi connectivity index (χ0) is 10.8. The SMILES string of the molecule is Cc1cccc(-c2cc(C)cc(C)c2)c1. The minimum absolute atomic E-state index is 1.31. The van der Waals surface area contributed by atoms with Crippen molar-refractivity contribution in [2.24, 2.45) is 0 Å². The fraction of sp³-hybridized carbons (Fsp3) is 0.200. The number of hydrogen-bond acceptors (Lipinski definition) is 0. The molecule has 0 heterocycles. The fourth-order valence-electron chi connectivity index (χ4n) is 1.97. The topological polar surface area (TPSA) is 0 Å². The molecule has 0 saturated heterocycles. The Morgan fingerprint density at radius 3 is 1.80 bits per heavy atom. The Kier molecular flexibility index (Phi) is 2.59. The van der Waals surface area contributed by atoms with Crippen LogP contribution < -0.4 is 0 Å². The average Bonchev–Trinajstić information content (AvgIpc) is 2.16. The lowest BCUT2D eigenvalue weighted by atomic mass is 10.00. The van der Waals surface area contributed by atoms with Crippen LogP contribution in [0.15, 0.2) is 42.5 Å². The highest BCUT2D eigenvalue weighted by molar-refractivity contribution is 5.65. The number of aryl methyl sites for hydroxylation is 3. The van der Waals surface area contributed by atoms with E-state index in [0.717, 1.165) is 0 Å². The van der Waals surface area contributed by atoms with E-state index in [-0.39, 0.29) is 0 Å². The minimum Gasteiger partial charge on any atom is -0.0614 e. The first-order valence-corrected chi connectivity index (χ1v) is 5.30. The van der Waals surface area contributed by atoms with Crippen LogP contribution in [-0.2, 0) is 0 Å². The molecule has 2 aromatic carbocycles. The maximum atomic E-state index is 2.24. The van der Waals surface area contributed by atoms with Crippen molar-refractivity contribution < 1.29 is 0 Å².